The van der Waals surface area contributed by atoms with Gasteiger partial charge in [0.25, 0.3) is 0 Å². The van der Waals surface area contributed by atoms with Crippen molar-refractivity contribution in [1.29, 1.82) is 0 Å². The van der Waals surface area contributed by atoms with Crippen LogP contribution in [0.3, 0.4) is 0 Å². The highest BCUT2D eigenvalue weighted by Gasteiger charge is 2.56. The van der Waals surface area contributed by atoms with Gasteiger partial charge in [0.05, 0.1) is 12.6 Å². The summed E-state index contributed by atoms with van der Waals surface area (Å²) in [6.45, 7) is 7.15. The van der Waals surface area contributed by atoms with Crippen LogP contribution >= 0.6 is 0 Å². The minimum Gasteiger partial charge on any atom is -0.444 e. The van der Waals surface area contributed by atoms with Crippen LogP contribution in [0.15, 0.2) is 30.3 Å². The van der Waals surface area contributed by atoms with Crippen LogP contribution in [-0.2, 0) is 15.1 Å². The second kappa shape index (κ2) is 5.58. The first kappa shape index (κ1) is 15.3. The van der Waals surface area contributed by atoms with Gasteiger partial charge in [-0.05, 0) is 45.6 Å². The summed E-state index contributed by atoms with van der Waals surface area (Å²) in [5, 5.41) is 0. The first-order chi connectivity index (χ1) is 10.4. The zero-order valence-corrected chi connectivity index (χ0v) is 13.7. The number of carbonyl (C=O) groups excluding carboxylic acids is 1. The number of likely N-dealkylation sites (tertiary alicyclic amines) is 1. The molecule has 22 heavy (non-hydrogen) atoms. The SMILES string of the molecule is CC(C)(C)OC(=O)N1CCCCC1C1(c2ccccc2)CO1. The molecule has 0 radical (unpaired) electrons. The Morgan fingerprint density at radius 3 is 2.55 bits per heavy atom. The van der Waals surface area contributed by atoms with E-state index in [1.165, 1.54) is 0 Å². The molecule has 0 aromatic heterocycles. The highest BCUT2D eigenvalue weighted by molar-refractivity contribution is 5.69. The van der Waals surface area contributed by atoms with Crippen LogP contribution in [-0.4, -0.2) is 35.8 Å². The first-order valence-corrected chi connectivity index (χ1v) is 8.11. The number of hydrogen-bond acceptors (Lipinski definition) is 3. The van der Waals surface area contributed by atoms with Gasteiger partial charge in [0.15, 0.2) is 0 Å². The largest absolute Gasteiger partial charge is 0.444 e. The molecule has 1 aromatic carbocycles. The molecule has 1 aromatic rings. The van der Waals surface area contributed by atoms with Crippen molar-refractivity contribution < 1.29 is 14.3 Å². The summed E-state index contributed by atoms with van der Waals surface area (Å²) in [5.41, 5.74) is 0.359. The van der Waals surface area contributed by atoms with Gasteiger partial charge < -0.3 is 14.4 Å². The van der Waals surface area contributed by atoms with E-state index in [-0.39, 0.29) is 17.7 Å². The Labute approximate surface area is 132 Å². The van der Waals surface area contributed by atoms with E-state index in [2.05, 4.69) is 12.1 Å². The number of benzene rings is 1. The molecule has 2 aliphatic heterocycles. The second-order valence-corrected chi connectivity index (χ2v) is 7.23. The fourth-order valence-corrected chi connectivity index (χ4v) is 3.30. The fourth-order valence-electron chi connectivity index (χ4n) is 3.30. The maximum absolute atomic E-state index is 12.6. The summed E-state index contributed by atoms with van der Waals surface area (Å²) in [6, 6.07) is 10.3. The first-order valence-electron chi connectivity index (χ1n) is 8.11. The lowest BCUT2D eigenvalue weighted by atomic mass is 9.85. The van der Waals surface area contributed by atoms with Crippen LogP contribution in [0.1, 0.15) is 45.6 Å². The molecular formula is C18H25NO3. The van der Waals surface area contributed by atoms with Crippen molar-refractivity contribution in [3.05, 3.63) is 35.9 Å². The Balaban J connectivity index is 1.83. The Bertz CT molecular complexity index is 531. The molecule has 4 heteroatoms. The average Bonchev–Trinajstić information content (AvgIpc) is 3.28. The van der Waals surface area contributed by atoms with Gasteiger partial charge in [-0.2, -0.15) is 0 Å². The lowest BCUT2D eigenvalue weighted by molar-refractivity contribution is -0.00370. The highest BCUT2D eigenvalue weighted by atomic mass is 16.6. The lowest BCUT2D eigenvalue weighted by Gasteiger charge is -2.39. The van der Waals surface area contributed by atoms with Crippen LogP contribution in [0.5, 0.6) is 0 Å². The quantitative estimate of drug-likeness (QED) is 0.782. The Kier molecular flexibility index (Phi) is 3.89. The van der Waals surface area contributed by atoms with Gasteiger partial charge in [-0.15, -0.1) is 0 Å². The van der Waals surface area contributed by atoms with Crippen LogP contribution < -0.4 is 0 Å². The Hall–Kier alpha value is -1.55. The van der Waals surface area contributed by atoms with E-state index < -0.39 is 5.60 Å². The summed E-state index contributed by atoms with van der Waals surface area (Å²) in [6.07, 6.45) is 2.90. The van der Waals surface area contributed by atoms with Gasteiger partial charge in [0.1, 0.15) is 11.2 Å². The molecule has 4 nitrogen and oxygen atoms in total. The zero-order chi connectivity index (χ0) is 15.8. The van der Waals surface area contributed by atoms with E-state index in [1.807, 2.05) is 43.9 Å². The number of nitrogens with zero attached hydrogens (tertiary/aromatic N) is 1. The van der Waals surface area contributed by atoms with Gasteiger partial charge >= 0.3 is 6.09 Å². The van der Waals surface area contributed by atoms with Gasteiger partial charge in [-0.3, -0.25) is 0 Å². The molecule has 120 valence electrons. The summed E-state index contributed by atoms with van der Waals surface area (Å²) in [7, 11) is 0. The third-order valence-electron chi connectivity index (χ3n) is 4.39. The Morgan fingerprint density at radius 2 is 1.95 bits per heavy atom. The van der Waals surface area contributed by atoms with Crippen LogP contribution in [0.25, 0.3) is 0 Å². The smallest absolute Gasteiger partial charge is 0.410 e. The molecule has 2 aliphatic rings. The molecule has 2 saturated heterocycles. The van der Waals surface area contributed by atoms with Crippen molar-refractivity contribution >= 4 is 6.09 Å². The molecule has 2 heterocycles. The number of rotatable bonds is 2. The number of carbonyl (C=O) groups is 1. The monoisotopic (exact) mass is 303 g/mol. The van der Waals surface area contributed by atoms with Crippen molar-refractivity contribution in [2.75, 3.05) is 13.2 Å². The summed E-state index contributed by atoms with van der Waals surface area (Å²) < 4.78 is 11.5. The minimum atomic E-state index is -0.469. The van der Waals surface area contributed by atoms with E-state index in [4.69, 9.17) is 9.47 Å². The number of piperidine rings is 1. The van der Waals surface area contributed by atoms with E-state index in [9.17, 15) is 4.79 Å². The third kappa shape index (κ3) is 2.98. The molecule has 2 unspecified atom stereocenters. The molecule has 0 saturated carbocycles. The molecule has 0 aliphatic carbocycles. The summed E-state index contributed by atoms with van der Waals surface area (Å²) >= 11 is 0. The molecule has 3 rings (SSSR count). The summed E-state index contributed by atoms with van der Waals surface area (Å²) in [4.78, 5) is 14.5. The van der Waals surface area contributed by atoms with E-state index >= 15 is 0 Å². The molecule has 0 bridgehead atoms. The number of epoxide rings is 1. The predicted octanol–water partition coefficient (Wildman–Crippen LogP) is 3.70. The van der Waals surface area contributed by atoms with Crippen molar-refractivity contribution in [1.82, 2.24) is 4.90 Å². The van der Waals surface area contributed by atoms with Crippen LogP contribution in [0, 0.1) is 0 Å². The van der Waals surface area contributed by atoms with Crippen molar-refractivity contribution in [3.63, 3.8) is 0 Å². The zero-order valence-electron chi connectivity index (χ0n) is 13.7. The summed E-state index contributed by atoms with van der Waals surface area (Å²) in [5.74, 6) is 0. The third-order valence-corrected chi connectivity index (χ3v) is 4.39. The Morgan fingerprint density at radius 1 is 1.27 bits per heavy atom. The van der Waals surface area contributed by atoms with E-state index in [0.717, 1.165) is 31.4 Å². The van der Waals surface area contributed by atoms with Crippen molar-refractivity contribution in [3.8, 4) is 0 Å². The van der Waals surface area contributed by atoms with E-state index in [0.29, 0.717) is 6.61 Å². The maximum atomic E-state index is 12.6. The molecule has 1 amide bonds. The predicted molar refractivity (Wildman–Crippen MR) is 84.7 cm³/mol. The lowest BCUT2D eigenvalue weighted by Crippen LogP contribution is -2.51. The normalized spacial score (nSPS) is 28.3. The average molecular weight is 303 g/mol. The second-order valence-electron chi connectivity index (χ2n) is 7.23. The number of ether oxygens (including phenoxy) is 2. The minimum absolute atomic E-state index is 0.0681. The fraction of sp³-hybridized carbons (Fsp3) is 0.611. The van der Waals surface area contributed by atoms with Gasteiger partial charge in [-0.1, -0.05) is 30.3 Å². The van der Waals surface area contributed by atoms with Crippen molar-refractivity contribution in [2.24, 2.45) is 0 Å². The van der Waals surface area contributed by atoms with Gasteiger partial charge in [-0.25, -0.2) is 4.79 Å². The maximum Gasteiger partial charge on any atom is 0.410 e. The van der Waals surface area contributed by atoms with Gasteiger partial charge in [0, 0.05) is 6.54 Å². The standard InChI is InChI=1S/C18H25NO3/c1-17(2,3)22-16(20)19-12-8-7-11-15(19)18(13-21-18)14-9-5-4-6-10-14/h4-6,9-10,15H,7-8,11-13H2,1-3H3. The topological polar surface area (TPSA) is 42.1 Å². The molecule has 0 N–H and O–H groups in total. The van der Waals surface area contributed by atoms with Gasteiger partial charge in [0.2, 0.25) is 0 Å². The molecule has 0 spiro atoms. The van der Waals surface area contributed by atoms with Crippen LogP contribution in [0.2, 0.25) is 0 Å². The molecular weight excluding hydrogens is 278 g/mol. The van der Waals surface area contributed by atoms with Crippen molar-refractivity contribution in [2.45, 2.75) is 57.3 Å². The van der Waals surface area contributed by atoms with E-state index in [1.54, 1.807) is 0 Å². The van der Waals surface area contributed by atoms with Crippen LogP contribution in [0.4, 0.5) is 4.79 Å². The molecule has 2 atom stereocenters. The molecule has 2 fully saturated rings. The highest BCUT2D eigenvalue weighted by Crippen LogP contribution is 2.47. The number of amides is 1. The number of hydrogen-bond donors (Lipinski definition) is 0.